The lowest BCUT2D eigenvalue weighted by Gasteiger charge is -2.16. The number of hydrogen-bond acceptors (Lipinski definition) is 6. The molecule has 0 fully saturated rings. The van der Waals surface area contributed by atoms with Crippen LogP contribution in [0.4, 0.5) is 0 Å². The zero-order chi connectivity index (χ0) is 27.9. The lowest BCUT2D eigenvalue weighted by molar-refractivity contribution is -0.159. The molecule has 0 spiro atoms. The van der Waals surface area contributed by atoms with Gasteiger partial charge in [0.1, 0.15) is 12.9 Å². The minimum absolute atomic E-state index is 0.0649. The number of hydrogen-bond donors (Lipinski definition) is 2. The van der Waals surface area contributed by atoms with Crippen molar-refractivity contribution >= 4 is 11.9 Å². The van der Waals surface area contributed by atoms with E-state index in [2.05, 4.69) is 12.2 Å². The molecule has 0 saturated heterocycles. The summed E-state index contributed by atoms with van der Waals surface area (Å²) in [6.45, 7) is 5.37. The highest BCUT2D eigenvalue weighted by Crippen LogP contribution is 2.12. The number of ether oxygens (including phenoxy) is 3. The van der Waals surface area contributed by atoms with Crippen molar-refractivity contribution in [3.63, 3.8) is 0 Å². The second kappa shape index (κ2) is 30.4. The van der Waals surface area contributed by atoms with Gasteiger partial charge in [-0.3, -0.25) is 9.59 Å². The Morgan fingerprint density at radius 2 is 1.18 bits per heavy atom. The smallest absolute Gasteiger partial charge is 0.306 e. The first kappa shape index (κ1) is 36.8. The Kier molecular flexibility index (Phi) is 29.4. The van der Waals surface area contributed by atoms with E-state index in [9.17, 15) is 14.7 Å². The van der Waals surface area contributed by atoms with Crippen LogP contribution in [0.1, 0.15) is 149 Å². The van der Waals surface area contributed by atoms with E-state index in [1.165, 1.54) is 103 Å². The average Bonchev–Trinajstić information content (AvgIpc) is 2.90. The van der Waals surface area contributed by atoms with Gasteiger partial charge in [-0.1, -0.05) is 116 Å². The van der Waals surface area contributed by atoms with Crippen LogP contribution in [-0.4, -0.2) is 56.2 Å². The highest BCUT2D eigenvalue weighted by molar-refractivity contribution is 5.72. The number of rotatable bonds is 30. The van der Waals surface area contributed by atoms with Gasteiger partial charge < -0.3 is 24.6 Å². The number of aliphatic hydroxyl groups is 1. The number of carbonyl (C=O) groups excluding carboxylic acids is 2. The molecule has 0 aromatic rings. The molecule has 0 heterocycles. The molecule has 0 unspecified atom stereocenters. The van der Waals surface area contributed by atoms with Gasteiger partial charge in [-0.15, -0.1) is 0 Å². The Hall–Kier alpha value is -1.18. The molecule has 1 amide bonds. The van der Waals surface area contributed by atoms with Crippen molar-refractivity contribution in [2.24, 2.45) is 0 Å². The molecule has 0 aromatic heterocycles. The van der Waals surface area contributed by atoms with Gasteiger partial charge in [-0.25, -0.2) is 0 Å². The number of aliphatic hydroxyl groups excluding tert-OH is 1. The summed E-state index contributed by atoms with van der Waals surface area (Å²) >= 11 is 0. The van der Waals surface area contributed by atoms with Gasteiger partial charge >= 0.3 is 5.97 Å². The predicted molar refractivity (Wildman–Crippen MR) is 155 cm³/mol. The van der Waals surface area contributed by atoms with Crippen LogP contribution in [0.15, 0.2) is 0 Å². The molecule has 0 aliphatic heterocycles. The number of esters is 1. The molecular weight excluding hydrogens is 482 g/mol. The standard InChI is InChI=1S/C31H61NO6/c1-3-4-5-6-7-11-14-17-20-23-31(35)38-30(26-33)27-37-28-36-25-22-19-16-13-10-8-9-12-15-18-21-24-32-29(2)34/h30,33H,3-28H2,1-2H3,(H,32,34)/t30-/m1/s1. The van der Waals surface area contributed by atoms with Gasteiger partial charge in [0.2, 0.25) is 5.91 Å². The maximum atomic E-state index is 12.0. The summed E-state index contributed by atoms with van der Waals surface area (Å²) in [4.78, 5) is 22.8. The summed E-state index contributed by atoms with van der Waals surface area (Å²) in [5.74, 6) is -0.189. The van der Waals surface area contributed by atoms with Crippen LogP contribution in [-0.2, 0) is 23.8 Å². The molecule has 0 aromatic carbocycles. The molecule has 38 heavy (non-hydrogen) atoms. The fourth-order valence-electron chi connectivity index (χ4n) is 4.43. The maximum Gasteiger partial charge on any atom is 0.306 e. The molecule has 0 radical (unpaired) electrons. The van der Waals surface area contributed by atoms with Gasteiger partial charge in [0.25, 0.3) is 0 Å². The zero-order valence-corrected chi connectivity index (χ0v) is 25.0. The van der Waals surface area contributed by atoms with E-state index in [-0.39, 0.29) is 31.9 Å². The molecule has 0 aliphatic carbocycles. The minimum atomic E-state index is -0.617. The second-order valence-corrected chi connectivity index (χ2v) is 10.6. The van der Waals surface area contributed by atoms with E-state index < -0.39 is 6.10 Å². The van der Waals surface area contributed by atoms with Crippen molar-refractivity contribution < 1.29 is 28.9 Å². The van der Waals surface area contributed by atoms with Crippen molar-refractivity contribution in [1.29, 1.82) is 0 Å². The van der Waals surface area contributed by atoms with Crippen LogP contribution in [0.3, 0.4) is 0 Å². The van der Waals surface area contributed by atoms with E-state index in [4.69, 9.17) is 14.2 Å². The van der Waals surface area contributed by atoms with Crippen LogP contribution in [0.5, 0.6) is 0 Å². The highest BCUT2D eigenvalue weighted by atomic mass is 16.7. The van der Waals surface area contributed by atoms with Crippen LogP contribution in [0, 0.1) is 0 Å². The average molecular weight is 544 g/mol. The first-order chi connectivity index (χ1) is 18.6. The number of amides is 1. The van der Waals surface area contributed by atoms with Gasteiger partial charge in [0.05, 0.1) is 13.2 Å². The van der Waals surface area contributed by atoms with E-state index in [0.29, 0.717) is 13.0 Å². The summed E-state index contributed by atoms with van der Waals surface area (Å²) in [6.07, 6.45) is 24.2. The van der Waals surface area contributed by atoms with E-state index in [0.717, 1.165) is 32.2 Å². The second-order valence-electron chi connectivity index (χ2n) is 10.6. The number of carbonyl (C=O) groups is 2. The van der Waals surface area contributed by atoms with Crippen molar-refractivity contribution in [3.8, 4) is 0 Å². The van der Waals surface area contributed by atoms with Gasteiger partial charge in [-0.05, 0) is 19.3 Å². The fraction of sp³-hybridized carbons (Fsp3) is 0.935. The van der Waals surface area contributed by atoms with Crippen LogP contribution >= 0.6 is 0 Å². The lowest BCUT2D eigenvalue weighted by atomic mass is 10.1. The summed E-state index contributed by atoms with van der Waals surface area (Å²) < 4.78 is 16.3. The van der Waals surface area contributed by atoms with E-state index in [1.54, 1.807) is 6.92 Å². The molecule has 0 bridgehead atoms. The molecule has 0 saturated carbocycles. The van der Waals surface area contributed by atoms with Crippen LogP contribution < -0.4 is 5.32 Å². The van der Waals surface area contributed by atoms with E-state index in [1.807, 2.05) is 0 Å². The monoisotopic (exact) mass is 543 g/mol. The largest absolute Gasteiger partial charge is 0.457 e. The predicted octanol–water partition coefficient (Wildman–Crippen LogP) is 7.23. The third-order valence-electron chi connectivity index (χ3n) is 6.80. The van der Waals surface area contributed by atoms with Gasteiger partial charge in [0.15, 0.2) is 0 Å². The quantitative estimate of drug-likeness (QED) is 0.0564. The molecule has 2 N–H and O–H groups in total. The molecule has 7 nitrogen and oxygen atoms in total. The Balaban J connectivity index is 3.37. The first-order valence-corrected chi connectivity index (χ1v) is 15.8. The number of unbranched alkanes of at least 4 members (excludes halogenated alkanes) is 18. The molecule has 7 heteroatoms. The van der Waals surface area contributed by atoms with Crippen molar-refractivity contribution in [2.75, 3.05) is 33.2 Å². The lowest BCUT2D eigenvalue weighted by Crippen LogP contribution is -2.27. The molecule has 0 rings (SSSR count). The Bertz CT molecular complexity index is 517. The Labute approximate surface area is 234 Å². The van der Waals surface area contributed by atoms with Crippen LogP contribution in [0.25, 0.3) is 0 Å². The molecule has 0 aliphatic rings. The third-order valence-corrected chi connectivity index (χ3v) is 6.80. The topological polar surface area (TPSA) is 94.1 Å². The molecule has 226 valence electrons. The normalized spacial score (nSPS) is 12.0. The highest BCUT2D eigenvalue weighted by Gasteiger charge is 2.13. The first-order valence-electron chi connectivity index (χ1n) is 15.8. The van der Waals surface area contributed by atoms with E-state index >= 15 is 0 Å². The van der Waals surface area contributed by atoms with Crippen LogP contribution in [0.2, 0.25) is 0 Å². The fourth-order valence-corrected chi connectivity index (χ4v) is 4.43. The minimum Gasteiger partial charge on any atom is -0.457 e. The van der Waals surface area contributed by atoms with Crippen molar-refractivity contribution in [2.45, 2.75) is 155 Å². The number of nitrogens with one attached hydrogen (secondary N) is 1. The summed E-state index contributed by atoms with van der Waals surface area (Å²) in [5.41, 5.74) is 0. The van der Waals surface area contributed by atoms with Crippen molar-refractivity contribution in [3.05, 3.63) is 0 Å². The third kappa shape index (κ3) is 29.4. The Morgan fingerprint density at radius 1 is 0.684 bits per heavy atom. The summed E-state index contributed by atoms with van der Waals surface area (Å²) in [5, 5.41) is 12.3. The van der Waals surface area contributed by atoms with Gasteiger partial charge in [0, 0.05) is 26.5 Å². The Morgan fingerprint density at radius 3 is 1.71 bits per heavy atom. The summed E-state index contributed by atoms with van der Waals surface area (Å²) in [6, 6.07) is 0. The van der Waals surface area contributed by atoms with Gasteiger partial charge in [-0.2, -0.15) is 0 Å². The summed E-state index contributed by atoms with van der Waals surface area (Å²) in [7, 11) is 0. The van der Waals surface area contributed by atoms with Crippen molar-refractivity contribution in [1.82, 2.24) is 5.32 Å². The SMILES string of the molecule is CCCCCCCCCCCC(=O)O[C@H](CO)COCOCCCCCCCCCCCCCNC(C)=O. The zero-order valence-electron chi connectivity index (χ0n) is 25.0. The molecule has 1 atom stereocenters. The maximum absolute atomic E-state index is 12.0. The molecular formula is C31H61NO6.